The van der Waals surface area contributed by atoms with Gasteiger partial charge in [0.15, 0.2) is 11.4 Å². The number of furan rings is 1. The van der Waals surface area contributed by atoms with Crippen molar-refractivity contribution in [2.75, 3.05) is 0 Å². The Bertz CT molecular complexity index is 633. The number of halogens is 1. The number of hydrogen-bond acceptors (Lipinski definition) is 2. The van der Waals surface area contributed by atoms with Crippen molar-refractivity contribution in [1.29, 1.82) is 0 Å². The predicted molar refractivity (Wildman–Crippen MR) is 66.6 cm³/mol. The largest absolute Gasteiger partial charge is 0.475 e. The van der Waals surface area contributed by atoms with Crippen molar-refractivity contribution in [3.63, 3.8) is 0 Å². The van der Waals surface area contributed by atoms with E-state index in [0.717, 1.165) is 5.56 Å². The summed E-state index contributed by atoms with van der Waals surface area (Å²) in [5.41, 5.74) is 0.948. The summed E-state index contributed by atoms with van der Waals surface area (Å²) in [4.78, 5) is 11.2. The summed E-state index contributed by atoms with van der Waals surface area (Å²) in [6, 6.07) is 2.92. The molecule has 0 bridgehead atoms. The van der Waals surface area contributed by atoms with E-state index in [4.69, 9.17) is 4.42 Å². The zero-order valence-electron chi connectivity index (χ0n) is 10.8. The smallest absolute Gasteiger partial charge is 0.372 e. The second-order valence-electron chi connectivity index (χ2n) is 5.43. The van der Waals surface area contributed by atoms with Crippen LogP contribution in [0.5, 0.6) is 0 Å². The van der Waals surface area contributed by atoms with Gasteiger partial charge in [0.05, 0.1) is 0 Å². The monoisotopic (exact) mass is 250 g/mol. The minimum atomic E-state index is -1.17. The molecule has 0 amide bonds. The number of carboxylic acids is 1. The Morgan fingerprint density at radius 3 is 2.44 bits per heavy atom. The van der Waals surface area contributed by atoms with Crippen LogP contribution in [0.4, 0.5) is 4.39 Å². The van der Waals surface area contributed by atoms with E-state index < -0.39 is 17.2 Å². The molecule has 4 heteroatoms. The molecule has 0 fully saturated rings. The summed E-state index contributed by atoms with van der Waals surface area (Å²) in [6.07, 6.45) is 0. The second kappa shape index (κ2) is 3.83. The van der Waals surface area contributed by atoms with Crippen molar-refractivity contribution < 1.29 is 18.7 Å². The van der Waals surface area contributed by atoms with Gasteiger partial charge in [-0.3, -0.25) is 0 Å². The van der Waals surface area contributed by atoms with E-state index in [1.165, 1.54) is 6.07 Å². The highest BCUT2D eigenvalue weighted by Gasteiger charge is 2.30. The Hall–Kier alpha value is -1.84. The van der Waals surface area contributed by atoms with Crippen molar-refractivity contribution in [2.24, 2.45) is 0 Å². The highest BCUT2D eigenvalue weighted by molar-refractivity contribution is 5.97. The average Bonchev–Trinajstić information content (AvgIpc) is 2.64. The van der Waals surface area contributed by atoms with Gasteiger partial charge in [-0.1, -0.05) is 26.8 Å². The fraction of sp³-hybridized carbons (Fsp3) is 0.357. The zero-order chi connectivity index (χ0) is 13.7. The van der Waals surface area contributed by atoms with E-state index in [1.54, 1.807) is 6.07 Å². The number of fused-ring (bicyclic) bond motifs is 1. The number of carboxylic acid groups (broad SMARTS) is 1. The number of rotatable bonds is 1. The van der Waals surface area contributed by atoms with Gasteiger partial charge in [-0.05, 0) is 24.0 Å². The van der Waals surface area contributed by atoms with Crippen LogP contribution < -0.4 is 0 Å². The van der Waals surface area contributed by atoms with Crippen molar-refractivity contribution in [1.82, 2.24) is 0 Å². The van der Waals surface area contributed by atoms with Gasteiger partial charge in [-0.15, -0.1) is 0 Å². The quantitative estimate of drug-likeness (QED) is 0.835. The third kappa shape index (κ3) is 1.78. The molecule has 3 nitrogen and oxygen atoms in total. The summed E-state index contributed by atoms with van der Waals surface area (Å²) < 4.78 is 18.9. The third-order valence-electron chi connectivity index (χ3n) is 2.94. The van der Waals surface area contributed by atoms with Crippen molar-refractivity contribution in [3.8, 4) is 0 Å². The molecule has 0 unspecified atom stereocenters. The maximum Gasteiger partial charge on any atom is 0.372 e. The molecule has 0 atom stereocenters. The van der Waals surface area contributed by atoms with E-state index in [1.807, 2.05) is 27.7 Å². The average molecular weight is 250 g/mol. The van der Waals surface area contributed by atoms with Gasteiger partial charge in [0.1, 0.15) is 0 Å². The van der Waals surface area contributed by atoms with Crippen LogP contribution in [0.15, 0.2) is 16.5 Å². The fourth-order valence-electron chi connectivity index (χ4n) is 2.20. The van der Waals surface area contributed by atoms with Gasteiger partial charge in [0, 0.05) is 10.9 Å². The van der Waals surface area contributed by atoms with Crippen LogP contribution in [0.25, 0.3) is 11.0 Å². The van der Waals surface area contributed by atoms with Crippen LogP contribution in [0.3, 0.4) is 0 Å². The fourth-order valence-corrected chi connectivity index (χ4v) is 2.20. The van der Waals surface area contributed by atoms with Gasteiger partial charge < -0.3 is 9.52 Å². The molecule has 0 saturated carbocycles. The second-order valence-corrected chi connectivity index (χ2v) is 5.43. The molecule has 0 aliphatic carbocycles. The molecule has 1 N–H and O–H groups in total. The number of benzene rings is 1. The molecule has 96 valence electrons. The summed E-state index contributed by atoms with van der Waals surface area (Å²) in [5.74, 6) is -1.88. The number of carbonyl (C=O) groups is 1. The van der Waals surface area contributed by atoms with Crippen LogP contribution in [0, 0.1) is 12.7 Å². The number of hydrogen-bond donors (Lipinski definition) is 1. The van der Waals surface area contributed by atoms with Gasteiger partial charge in [0.2, 0.25) is 5.76 Å². The van der Waals surface area contributed by atoms with Crippen molar-refractivity contribution in [3.05, 3.63) is 34.8 Å². The first-order chi connectivity index (χ1) is 8.23. The Morgan fingerprint density at radius 2 is 1.94 bits per heavy atom. The Labute approximate surface area is 104 Å². The summed E-state index contributed by atoms with van der Waals surface area (Å²) >= 11 is 0. The maximum atomic E-state index is 13.7. The predicted octanol–water partition coefficient (Wildman–Crippen LogP) is 3.88. The molecule has 2 rings (SSSR count). The summed E-state index contributed by atoms with van der Waals surface area (Å²) in [6.45, 7) is 7.47. The minimum absolute atomic E-state index is 0.0253. The van der Waals surface area contributed by atoms with Gasteiger partial charge in [-0.2, -0.15) is 0 Å². The van der Waals surface area contributed by atoms with E-state index in [0.29, 0.717) is 10.9 Å². The topological polar surface area (TPSA) is 50.4 Å². The normalized spacial score (nSPS) is 12.1. The zero-order valence-corrected chi connectivity index (χ0v) is 10.8. The first-order valence-electron chi connectivity index (χ1n) is 5.69. The number of aromatic carboxylic acids is 1. The third-order valence-corrected chi connectivity index (χ3v) is 2.94. The summed E-state index contributed by atoms with van der Waals surface area (Å²) in [7, 11) is 0. The molecule has 0 saturated heterocycles. The van der Waals surface area contributed by atoms with E-state index in [9.17, 15) is 14.3 Å². The highest BCUT2D eigenvalue weighted by Crippen LogP contribution is 2.38. The van der Waals surface area contributed by atoms with Crippen molar-refractivity contribution >= 4 is 16.9 Å². The lowest BCUT2D eigenvalue weighted by molar-refractivity contribution is 0.0661. The minimum Gasteiger partial charge on any atom is -0.475 e. The maximum absolute atomic E-state index is 13.7. The number of aryl methyl sites for hydroxylation is 1. The van der Waals surface area contributed by atoms with Crippen LogP contribution in [-0.2, 0) is 5.41 Å². The molecule has 0 radical (unpaired) electrons. The molecule has 1 aromatic heterocycles. The van der Waals surface area contributed by atoms with Crippen molar-refractivity contribution in [2.45, 2.75) is 33.1 Å². The SMILES string of the molecule is Cc1ccc(F)c2oc(C(=O)O)c(C(C)(C)C)c12. The van der Waals surface area contributed by atoms with Gasteiger partial charge >= 0.3 is 5.97 Å². The van der Waals surface area contributed by atoms with E-state index in [2.05, 4.69) is 0 Å². The van der Waals surface area contributed by atoms with Gasteiger partial charge in [0.25, 0.3) is 0 Å². The standard InChI is InChI=1S/C14H15FO3/c1-7-5-6-8(15)11-9(7)10(14(2,3)4)12(18-11)13(16)17/h5-6H,1-4H3,(H,16,17). The Kier molecular flexibility index (Phi) is 2.69. The lowest BCUT2D eigenvalue weighted by atomic mass is 9.83. The summed E-state index contributed by atoms with van der Waals surface area (Å²) in [5, 5.41) is 9.76. The molecule has 1 heterocycles. The lowest BCUT2D eigenvalue weighted by Gasteiger charge is -2.18. The van der Waals surface area contributed by atoms with Crippen LogP contribution in [0.1, 0.15) is 42.5 Å². The molecular formula is C14H15FO3. The van der Waals surface area contributed by atoms with E-state index in [-0.39, 0.29) is 11.3 Å². The first kappa shape index (κ1) is 12.6. The Balaban J connectivity index is 3.00. The highest BCUT2D eigenvalue weighted by atomic mass is 19.1. The van der Waals surface area contributed by atoms with Crippen LogP contribution >= 0.6 is 0 Å². The lowest BCUT2D eigenvalue weighted by Crippen LogP contribution is -2.15. The molecule has 2 aromatic rings. The van der Waals surface area contributed by atoms with Gasteiger partial charge in [-0.25, -0.2) is 9.18 Å². The molecule has 1 aromatic carbocycles. The van der Waals surface area contributed by atoms with Crippen LogP contribution in [0.2, 0.25) is 0 Å². The van der Waals surface area contributed by atoms with E-state index >= 15 is 0 Å². The molecule has 18 heavy (non-hydrogen) atoms. The molecular weight excluding hydrogens is 235 g/mol. The van der Waals surface area contributed by atoms with Crippen LogP contribution in [-0.4, -0.2) is 11.1 Å². The molecule has 0 aliphatic rings. The Morgan fingerprint density at radius 1 is 1.33 bits per heavy atom. The molecule has 0 spiro atoms. The first-order valence-corrected chi connectivity index (χ1v) is 5.69. The molecule has 0 aliphatic heterocycles.